The minimum Gasteiger partial charge on any atom is -0.444 e. The predicted molar refractivity (Wildman–Crippen MR) is 260 cm³/mol. The van der Waals surface area contributed by atoms with Gasteiger partial charge in [0.05, 0.1) is 31.0 Å². The number of halogens is 6. The number of fused-ring (bicyclic) bond motifs is 1. The molecule has 1 aliphatic heterocycles. The summed E-state index contributed by atoms with van der Waals surface area (Å²) in [5.74, 6) is -8.71. The molecule has 0 saturated carbocycles. The van der Waals surface area contributed by atoms with Crippen molar-refractivity contribution in [2.75, 3.05) is 11.6 Å². The van der Waals surface area contributed by atoms with Crippen LogP contribution >= 0.6 is 7.82 Å². The van der Waals surface area contributed by atoms with E-state index in [1.165, 1.54) is 6.07 Å². The number of carbonyl (C=O) groups is 4. The Morgan fingerprint density at radius 3 is 1.82 bits per heavy atom. The van der Waals surface area contributed by atoms with E-state index >= 15 is 0 Å². The molecule has 0 saturated heterocycles. The topological polar surface area (TPSA) is 176 Å². The van der Waals surface area contributed by atoms with Gasteiger partial charge in [0, 0.05) is 46.8 Å². The molecular weight excluding hydrogens is 982 g/mol. The molecule has 3 atom stereocenters. The largest absolute Gasteiger partial charge is 0.530 e. The Labute approximate surface area is 418 Å². The summed E-state index contributed by atoms with van der Waals surface area (Å²) in [7, 11) is -4.42. The number of anilines is 1. The molecule has 0 radical (unpaired) electrons. The van der Waals surface area contributed by atoms with Crippen LogP contribution in [-0.4, -0.2) is 54.7 Å². The van der Waals surface area contributed by atoms with Crippen molar-refractivity contribution in [3.05, 3.63) is 166 Å². The minimum absolute atomic E-state index is 0.103. The first kappa shape index (κ1) is 55.5. The Bertz CT molecular complexity index is 2770. The maximum Gasteiger partial charge on any atom is 0.530 e. The number of alkyl halides is 6. The van der Waals surface area contributed by atoms with E-state index in [0.717, 1.165) is 10.5 Å². The number of hydrogen-bond donors (Lipinski definition) is 2. The molecule has 0 aliphatic carbocycles. The number of nitrogens with one attached hydrogen (secondary N) is 1. The lowest BCUT2D eigenvalue weighted by Gasteiger charge is -2.31. The second-order valence-electron chi connectivity index (χ2n) is 18.2. The number of hydrogen-bond acceptors (Lipinski definition) is 10. The fourth-order valence-electron chi connectivity index (χ4n) is 8.59. The molecule has 0 fully saturated rings. The SMILES string of the molecule is Cc1cc(C)c(C(C)(C)CC(=O)OCN2C(=O)[C@@H](NC(=O)[C@H](CCC(F)(F)F)[C@H](CCC(F)(F)F)C(N)=O)N=C(c3ccccc3)c3ccccc32)c(OP(=O)(OCc2ccccc2)OCc2ccccc2)c1. The number of nitrogens with two attached hydrogens (primary N) is 1. The van der Waals surface area contributed by atoms with Crippen LogP contribution in [0.15, 0.2) is 132 Å². The molecule has 5 aromatic rings. The number of esters is 1. The standard InChI is InChI=1S/C53H55F6N4O9P/c1-34-28-35(2)45(43(29-34)72-73(68,70-31-36-16-8-5-9-17-36)71-32-37-18-10-6-11-19-37)51(3,4)30-44(64)69-33-63-42-23-15-14-22-41(42)46(38-20-12-7-13-21-38)61-48(50(63)67)62-49(66)40(25-27-53(57,58)59)39(47(60)65)24-26-52(54,55)56/h5-23,28-29,39-40,48H,24-27,30-33H2,1-4H3,(H2,60,65)(H,62,66)/t39-,40+,48+/m0/s1. The molecule has 0 bridgehead atoms. The lowest BCUT2D eigenvalue weighted by molar-refractivity contribution is -0.152. The summed E-state index contributed by atoms with van der Waals surface area (Å²) in [6, 6.07) is 36.0. The Morgan fingerprint density at radius 1 is 0.753 bits per heavy atom. The van der Waals surface area contributed by atoms with Crippen LogP contribution in [0.4, 0.5) is 32.0 Å². The van der Waals surface area contributed by atoms with Crippen LogP contribution in [0.1, 0.15) is 84.9 Å². The van der Waals surface area contributed by atoms with Gasteiger partial charge in [-0.1, -0.05) is 129 Å². The number of amides is 3. The van der Waals surface area contributed by atoms with Crippen LogP contribution in [-0.2, 0) is 56.2 Å². The zero-order valence-corrected chi connectivity index (χ0v) is 41.3. The van der Waals surface area contributed by atoms with Gasteiger partial charge in [0.15, 0.2) is 6.73 Å². The summed E-state index contributed by atoms with van der Waals surface area (Å²) in [4.78, 5) is 61.0. The van der Waals surface area contributed by atoms with E-state index in [0.29, 0.717) is 33.4 Å². The number of benzodiazepines with no additional fused rings is 1. The van der Waals surface area contributed by atoms with Crippen molar-refractivity contribution in [2.24, 2.45) is 22.6 Å². The number of rotatable bonds is 22. The van der Waals surface area contributed by atoms with Crippen LogP contribution in [0.5, 0.6) is 5.75 Å². The normalized spacial score (nSPS) is 15.1. The first-order valence-electron chi connectivity index (χ1n) is 23.1. The van der Waals surface area contributed by atoms with Crippen LogP contribution in [0.2, 0.25) is 0 Å². The zero-order chi connectivity index (χ0) is 53.1. The number of ether oxygens (including phenoxy) is 1. The monoisotopic (exact) mass is 1040 g/mol. The molecule has 73 heavy (non-hydrogen) atoms. The molecule has 1 heterocycles. The van der Waals surface area contributed by atoms with Gasteiger partial charge in [0.1, 0.15) is 5.75 Å². The van der Waals surface area contributed by atoms with E-state index in [2.05, 4.69) is 10.3 Å². The van der Waals surface area contributed by atoms with Gasteiger partial charge >= 0.3 is 26.1 Å². The highest BCUT2D eigenvalue weighted by Gasteiger charge is 2.42. The number of primary amides is 1. The van der Waals surface area contributed by atoms with E-state index in [1.807, 2.05) is 18.2 Å². The quantitative estimate of drug-likeness (QED) is 0.0388. The molecule has 13 nitrogen and oxygen atoms in total. The van der Waals surface area contributed by atoms with Gasteiger partial charge in [-0.15, -0.1) is 0 Å². The van der Waals surface area contributed by atoms with E-state index in [-0.39, 0.29) is 36.8 Å². The van der Waals surface area contributed by atoms with Crippen molar-refractivity contribution in [1.82, 2.24) is 5.32 Å². The average Bonchev–Trinajstić information content (AvgIpc) is 3.43. The molecule has 0 aromatic heterocycles. The first-order valence-corrected chi connectivity index (χ1v) is 24.6. The molecular formula is C53H55F6N4O9P. The first-order chi connectivity index (χ1) is 34.4. The number of benzene rings is 5. The molecule has 0 spiro atoms. The molecule has 3 amide bonds. The summed E-state index contributed by atoms with van der Waals surface area (Å²) in [5.41, 5.74) is 8.46. The Hall–Kier alpha value is -6.82. The molecule has 3 N–H and O–H groups in total. The second kappa shape index (κ2) is 23.8. The zero-order valence-electron chi connectivity index (χ0n) is 40.4. The number of para-hydroxylation sites is 1. The summed E-state index contributed by atoms with van der Waals surface area (Å²) in [5, 5.41) is 2.29. The Balaban J connectivity index is 1.29. The molecule has 20 heteroatoms. The number of aryl methyl sites for hydroxylation is 2. The van der Waals surface area contributed by atoms with Crippen molar-refractivity contribution in [3.63, 3.8) is 0 Å². The van der Waals surface area contributed by atoms with Gasteiger partial charge < -0.3 is 20.3 Å². The minimum atomic E-state index is -4.89. The maximum absolute atomic E-state index is 14.7. The summed E-state index contributed by atoms with van der Waals surface area (Å²) < 4.78 is 119. The summed E-state index contributed by atoms with van der Waals surface area (Å²) in [6.45, 7) is 5.98. The highest BCUT2D eigenvalue weighted by Crippen LogP contribution is 2.53. The highest BCUT2D eigenvalue weighted by atomic mass is 31.2. The van der Waals surface area contributed by atoms with E-state index in [9.17, 15) is 50.1 Å². The average molecular weight is 1040 g/mol. The van der Waals surface area contributed by atoms with E-state index in [4.69, 9.17) is 24.0 Å². The molecule has 388 valence electrons. The number of phosphoric acid groups is 1. The molecule has 6 rings (SSSR count). The van der Waals surface area contributed by atoms with Gasteiger partial charge in [-0.05, 0) is 61.1 Å². The number of carbonyl (C=O) groups excluding carboxylic acids is 4. The predicted octanol–water partition coefficient (Wildman–Crippen LogP) is 11.1. The van der Waals surface area contributed by atoms with Gasteiger partial charge in [0.2, 0.25) is 18.0 Å². The fourth-order valence-corrected chi connectivity index (χ4v) is 9.77. The third-order valence-corrected chi connectivity index (χ3v) is 13.2. The van der Waals surface area contributed by atoms with Crippen LogP contribution < -0.4 is 20.5 Å². The lowest BCUT2D eigenvalue weighted by atomic mass is 9.78. The molecule has 0 unspecified atom stereocenters. The van der Waals surface area contributed by atoms with Crippen LogP contribution in [0, 0.1) is 25.7 Å². The summed E-state index contributed by atoms with van der Waals surface area (Å²) in [6.07, 6.45) is -17.6. The number of nitrogens with zero attached hydrogens (tertiary/aromatic N) is 2. The van der Waals surface area contributed by atoms with Gasteiger partial charge in [-0.2, -0.15) is 26.3 Å². The number of phosphoric ester groups is 1. The van der Waals surface area contributed by atoms with Crippen molar-refractivity contribution < 1.29 is 68.4 Å². The third kappa shape index (κ3) is 15.6. The van der Waals surface area contributed by atoms with E-state index in [1.54, 1.807) is 131 Å². The second-order valence-corrected chi connectivity index (χ2v) is 19.8. The Morgan fingerprint density at radius 2 is 1.27 bits per heavy atom. The fraction of sp³-hybridized carbons (Fsp3) is 0.340. The highest BCUT2D eigenvalue weighted by molar-refractivity contribution is 7.48. The van der Waals surface area contributed by atoms with Gasteiger partial charge in [-0.25, -0.2) is 9.56 Å². The van der Waals surface area contributed by atoms with Crippen LogP contribution in [0.3, 0.4) is 0 Å². The Kier molecular flexibility index (Phi) is 18.1. The third-order valence-electron chi connectivity index (χ3n) is 11.9. The van der Waals surface area contributed by atoms with Crippen molar-refractivity contribution in [3.8, 4) is 5.75 Å². The number of aliphatic imine (C=N–C) groups is 1. The molecule has 1 aliphatic rings. The van der Waals surface area contributed by atoms with Crippen molar-refractivity contribution in [1.29, 1.82) is 0 Å². The van der Waals surface area contributed by atoms with Gasteiger partial charge in [-0.3, -0.25) is 33.1 Å². The van der Waals surface area contributed by atoms with Crippen molar-refractivity contribution in [2.45, 2.75) is 96.9 Å². The molecule has 5 aromatic carbocycles. The van der Waals surface area contributed by atoms with Crippen molar-refractivity contribution >= 4 is 42.9 Å². The van der Waals surface area contributed by atoms with Gasteiger partial charge in [0.25, 0.3) is 5.91 Å². The maximum atomic E-state index is 14.7. The lowest BCUT2D eigenvalue weighted by Crippen LogP contribution is -2.51. The van der Waals surface area contributed by atoms with E-state index < -0.39 is 99.7 Å². The smallest absolute Gasteiger partial charge is 0.444 e. The van der Waals surface area contributed by atoms with Crippen LogP contribution in [0.25, 0.3) is 0 Å². The summed E-state index contributed by atoms with van der Waals surface area (Å²) >= 11 is 0.